The molecule has 0 atom stereocenters. The minimum Gasteiger partial charge on any atom is -0.432 e. The average molecular weight is 291 g/mol. The Labute approximate surface area is 118 Å². The second-order valence-corrected chi connectivity index (χ2v) is 4.12. The van der Waals surface area contributed by atoms with Crippen molar-refractivity contribution in [2.75, 3.05) is 0 Å². The van der Waals surface area contributed by atoms with Gasteiger partial charge in [0.05, 0.1) is 16.6 Å². The third-order valence-corrected chi connectivity index (χ3v) is 2.48. The third-order valence-electron chi connectivity index (χ3n) is 2.28. The zero-order chi connectivity index (χ0) is 14.7. The molecular weight excluding hydrogens is 284 g/mol. The molecule has 1 aromatic heterocycles. The SMILES string of the molecule is Cc1nc(Cl)cc(Oc2ccc(C#N)cc2[N+](=O)[O-])n1. The summed E-state index contributed by atoms with van der Waals surface area (Å²) in [6, 6.07) is 7.05. The number of aryl methyl sites for hydroxylation is 1. The number of nitro benzene ring substituents is 1. The lowest BCUT2D eigenvalue weighted by Crippen LogP contribution is -1.97. The first-order valence-corrected chi connectivity index (χ1v) is 5.75. The highest BCUT2D eigenvalue weighted by molar-refractivity contribution is 6.29. The number of nitro groups is 1. The Morgan fingerprint density at radius 2 is 2.15 bits per heavy atom. The van der Waals surface area contributed by atoms with Gasteiger partial charge in [-0.25, -0.2) is 4.98 Å². The predicted molar refractivity (Wildman–Crippen MR) is 69.7 cm³/mol. The van der Waals surface area contributed by atoms with Crippen LogP contribution in [0.1, 0.15) is 11.4 Å². The number of rotatable bonds is 3. The summed E-state index contributed by atoms with van der Waals surface area (Å²) >= 11 is 5.76. The van der Waals surface area contributed by atoms with Crippen LogP contribution in [-0.2, 0) is 0 Å². The minimum absolute atomic E-state index is 0.0248. The van der Waals surface area contributed by atoms with Gasteiger partial charge in [0.1, 0.15) is 11.0 Å². The first-order chi connectivity index (χ1) is 9.49. The Kier molecular flexibility index (Phi) is 3.77. The molecule has 0 spiro atoms. The number of aromatic nitrogens is 2. The van der Waals surface area contributed by atoms with Crippen LogP contribution >= 0.6 is 11.6 Å². The molecular formula is C12H7ClN4O3. The molecule has 0 aliphatic carbocycles. The lowest BCUT2D eigenvalue weighted by Gasteiger charge is -2.06. The summed E-state index contributed by atoms with van der Waals surface area (Å²) in [7, 11) is 0. The molecule has 0 saturated heterocycles. The van der Waals surface area contributed by atoms with Gasteiger partial charge in [0.15, 0.2) is 0 Å². The van der Waals surface area contributed by atoms with Crippen LogP contribution < -0.4 is 4.74 Å². The van der Waals surface area contributed by atoms with E-state index in [2.05, 4.69) is 9.97 Å². The fourth-order valence-electron chi connectivity index (χ4n) is 1.49. The summed E-state index contributed by atoms with van der Waals surface area (Å²) < 4.78 is 5.35. The normalized spacial score (nSPS) is 9.85. The van der Waals surface area contributed by atoms with Crippen LogP contribution in [0.15, 0.2) is 24.3 Å². The Balaban J connectivity index is 2.43. The van der Waals surface area contributed by atoms with Gasteiger partial charge in [-0.05, 0) is 19.1 Å². The molecule has 7 nitrogen and oxygen atoms in total. The second kappa shape index (κ2) is 5.50. The summed E-state index contributed by atoms with van der Waals surface area (Å²) in [5.41, 5.74) is -0.155. The molecule has 1 aromatic carbocycles. The second-order valence-electron chi connectivity index (χ2n) is 3.73. The predicted octanol–water partition coefficient (Wildman–Crippen LogP) is 3.01. The molecule has 1 heterocycles. The van der Waals surface area contributed by atoms with Crippen LogP contribution in [0.2, 0.25) is 5.15 Å². The lowest BCUT2D eigenvalue weighted by molar-refractivity contribution is -0.385. The number of nitriles is 1. The van der Waals surface area contributed by atoms with Crippen molar-refractivity contribution in [2.45, 2.75) is 6.92 Å². The van der Waals surface area contributed by atoms with Crippen molar-refractivity contribution >= 4 is 17.3 Å². The van der Waals surface area contributed by atoms with Gasteiger partial charge < -0.3 is 4.74 Å². The number of ether oxygens (including phenoxy) is 1. The van der Waals surface area contributed by atoms with Gasteiger partial charge in [-0.2, -0.15) is 10.2 Å². The zero-order valence-electron chi connectivity index (χ0n) is 10.2. The lowest BCUT2D eigenvalue weighted by atomic mass is 10.2. The molecule has 20 heavy (non-hydrogen) atoms. The molecule has 100 valence electrons. The van der Waals surface area contributed by atoms with E-state index in [1.54, 1.807) is 6.92 Å². The van der Waals surface area contributed by atoms with Gasteiger partial charge in [0.25, 0.3) is 0 Å². The maximum absolute atomic E-state index is 11.0. The molecule has 0 aliphatic heterocycles. The molecule has 0 saturated carbocycles. The van der Waals surface area contributed by atoms with E-state index >= 15 is 0 Å². The molecule has 2 rings (SSSR count). The quantitative estimate of drug-likeness (QED) is 0.489. The smallest absolute Gasteiger partial charge is 0.312 e. The van der Waals surface area contributed by atoms with E-state index in [0.717, 1.165) is 6.07 Å². The topological polar surface area (TPSA) is 102 Å². The Hall–Kier alpha value is -2.72. The van der Waals surface area contributed by atoms with Gasteiger partial charge in [-0.15, -0.1) is 0 Å². The van der Waals surface area contributed by atoms with E-state index < -0.39 is 4.92 Å². The maximum Gasteiger partial charge on any atom is 0.312 e. The van der Waals surface area contributed by atoms with Gasteiger partial charge in [0.2, 0.25) is 11.6 Å². The Morgan fingerprint density at radius 3 is 2.75 bits per heavy atom. The average Bonchev–Trinajstić information content (AvgIpc) is 2.37. The maximum atomic E-state index is 11.0. The van der Waals surface area contributed by atoms with E-state index in [1.165, 1.54) is 18.2 Å². The highest BCUT2D eigenvalue weighted by atomic mass is 35.5. The van der Waals surface area contributed by atoms with Crippen molar-refractivity contribution in [1.29, 1.82) is 5.26 Å². The summed E-state index contributed by atoms with van der Waals surface area (Å²) in [6.45, 7) is 1.62. The molecule has 0 radical (unpaired) electrons. The monoisotopic (exact) mass is 290 g/mol. The largest absolute Gasteiger partial charge is 0.432 e. The van der Waals surface area contributed by atoms with E-state index in [1.807, 2.05) is 6.07 Å². The molecule has 0 aliphatic rings. The molecule has 2 aromatic rings. The van der Waals surface area contributed by atoms with Gasteiger partial charge in [0, 0.05) is 12.1 Å². The number of hydrogen-bond donors (Lipinski definition) is 0. The van der Waals surface area contributed by atoms with E-state index in [0.29, 0.717) is 5.82 Å². The number of hydrogen-bond acceptors (Lipinski definition) is 6. The minimum atomic E-state index is -0.633. The van der Waals surface area contributed by atoms with Crippen molar-refractivity contribution in [3.63, 3.8) is 0 Å². The molecule has 0 N–H and O–H groups in total. The van der Waals surface area contributed by atoms with Gasteiger partial charge >= 0.3 is 5.69 Å². The third kappa shape index (κ3) is 2.99. The van der Waals surface area contributed by atoms with Crippen molar-refractivity contribution in [2.24, 2.45) is 0 Å². The number of benzene rings is 1. The molecule has 8 heteroatoms. The van der Waals surface area contributed by atoms with Crippen LogP contribution in [0.4, 0.5) is 5.69 Å². The molecule has 0 fully saturated rings. The fourth-order valence-corrected chi connectivity index (χ4v) is 1.70. The summed E-state index contributed by atoms with van der Waals surface area (Å²) in [5.74, 6) is 0.447. The van der Waals surface area contributed by atoms with E-state index in [9.17, 15) is 10.1 Å². The summed E-state index contributed by atoms with van der Waals surface area (Å²) in [5, 5.41) is 19.9. The molecule has 0 unspecified atom stereocenters. The van der Waals surface area contributed by atoms with Gasteiger partial charge in [-0.1, -0.05) is 11.6 Å². The highest BCUT2D eigenvalue weighted by Gasteiger charge is 2.17. The molecule has 0 amide bonds. The van der Waals surface area contributed by atoms with Crippen LogP contribution in [0.5, 0.6) is 11.6 Å². The Bertz CT molecular complexity index is 707. The molecule has 0 bridgehead atoms. The fraction of sp³-hybridized carbons (Fsp3) is 0.0833. The zero-order valence-corrected chi connectivity index (χ0v) is 11.0. The van der Waals surface area contributed by atoms with Crippen molar-refractivity contribution in [1.82, 2.24) is 9.97 Å². The van der Waals surface area contributed by atoms with Crippen LogP contribution in [0.3, 0.4) is 0 Å². The first kappa shape index (κ1) is 13.7. The first-order valence-electron chi connectivity index (χ1n) is 5.37. The van der Waals surface area contributed by atoms with Crippen molar-refractivity contribution < 1.29 is 9.66 Å². The van der Waals surface area contributed by atoms with Crippen LogP contribution in [0.25, 0.3) is 0 Å². The Morgan fingerprint density at radius 1 is 1.40 bits per heavy atom. The number of nitrogens with zero attached hydrogens (tertiary/aromatic N) is 4. The van der Waals surface area contributed by atoms with Gasteiger partial charge in [-0.3, -0.25) is 10.1 Å². The summed E-state index contributed by atoms with van der Waals surface area (Å²) in [4.78, 5) is 18.2. The van der Waals surface area contributed by atoms with Crippen LogP contribution in [-0.4, -0.2) is 14.9 Å². The summed E-state index contributed by atoms with van der Waals surface area (Å²) in [6.07, 6.45) is 0. The van der Waals surface area contributed by atoms with E-state index in [4.69, 9.17) is 21.6 Å². The number of halogens is 1. The van der Waals surface area contributed by atoms with Crippen LogP contribution in [0, 0.1) is 28.4 Å². The van der Waals surface area contributed by atoms with Crippen molar-refractivity contribution in [3.8, 4) is 17.7 Å². The van der Waals surface area contributed by atoms with Crippen molar-refractivity contribution in [3.05, 3.63) is 50.9 Å². The van der Waals surface area contributed by atoms with E-state index in [-0.39, 0.29) is 28.0 Å². The highest BCUT2D eigenvalue weighted by Crippen LogP contribution is 2.31. The standard InChI is InChI=1S/C12H7ClN4O3/c1-7-15-11(13)5-12(16-7)20-10-3-2-8(6-14)4-9(10)17(18)19/h2-5H,1H3.